The number of fused-ring (bicyclic) bond motifs is 2. The van der Waals surface area contributed by atoms with E-state index < -0.39 is 0 Å². The third kappa shape index (κ3) is 2.28. The lowest BCUT2D eigenvalue weighted by atomic mass is 10.0. The summed E-state index contributed by atoms with van der Waals surface area (Å²) >= 11 is 6.31. The van der Waals surface area contributed by atoms with E-state index in [1.165, 1.54) is 12.8 Å². The molecular formula is C13H21ClN4. The van der Waals surface area contributed by atoms with E-state index in [-0.39, 0.29) is 0 Å². The maximum Gasteiger partial charge on any atom is 0.141 e. The standard InChI is InChI=1S/C13H21ClN4/c1-2-5-18-13(15-9-16-18)8-17-11-3-4-12(17)7-10(14)6-11/h9-12H,2-8H2,1H3. The smallest absolute Gasteiger partial charge is 0.141 e. The predicted molar refractivity (Wildman–Crippen MR) is 71.5 cm³/mol. The summed E-state index contributed by atoms with van der Waals surface area (Å²) in [5.74, 6) is 1.11. The number of rotatable bonds is 4. The predicted octanol–water partition coefficient (Wildman–Crippen LogP) is 2.42. The van der Waals surface area contributed by atoms with Gasteiger partial charge in [-0.1, -0.05) is 6.92 Å². The molecule has 0 saturated carbocycles. The van der Waals surface area contributed by atoms with Crippen LogP contribution in [0.15, 0.2) is 6.33 Å². The minimum atomic E-state index is 0.382. The SMILES string of the molecule is CCCn1ncnc1CN1C2CCC1CC(Cl)C2. The molecule has 0 aliphatic carbocycles. The minimum absolute atomic E-state index is 0.382. The molecule has 2 fully saturated rings. The van der Waals surface area contributed by atoms with Gasteiger partial charge in [-0.2, -0.15) is 5.10 Å². The van der Waals surface area contributed by atoms with E-state index in [2.05, 4.69) is 21.9 Å². The van der Waals surface area contributed by atoms with Crippen molar-refractivity contribution >= 4 is 11.6 Å². The second-order valence-electron chi connectivity index (χ2n) is 5.53. The number of nitrogens with zero attached hydrogens (tertiary/aromatic N) is 4. The maximum absolute atomic E-state index is 6.31. The van der Waals surface area contributed by atoms with Crippen LogP contribution in [-0.2, 0) is 13.1 Å². The van der Waals surface area contributed by atoms with Gasteiger partial charge in [-0.25, -0.2) is 9.67 Å². The van der Waals surface area contributed by atoms with Crippen LogP contribution in [0.3, 0.4) is 0 Å². The van der Waals surface area contributed by atoms with Crippen LogP contribution in [0, 0.1) is 0 Å². The van der Waals surface area contributed by atoms with Gasteiger partial charge < -0.3 is 0 Å². The fourth-order valence-electron chi connectivity index (χ4n) is 3.44. The van der Waals surface area contributed by atoms with E-state index in [1.54, 1.807) is 6.33 Å². The molecule has 2 aliphatic heterocycles. The molecule has 2 aliphatic rings. The van der Waals surface area contributed by atoms with E-state index in [9.17, 15) is 0 Å². The zero-order valence-electron chi connectivity index (χ0n) is 10.9. The first-order chi connectivity index (χ1) is 8.78. The Morgan fingerprint density at radius 1 is 1.33 bits per heavy atom. The highest BCUT2D eigenvalue weighted by molar-refractivity contribution is 6.20. The molecule has 0 N–H and O–H groups in total. The Morgan fingerprint density at radius 3 is 2.72 bits per heavy atom. The van der Waals surface area contributed by atoms with Gasteiger partial charge in [-0.3, -0.25) is 4.90 Å². The summed E-state index contributed by atoms with van der Waals surface area (Å²) in [7, 11) is 0. The van der Waals surface area contributed by atoms with Crippen LogP contribution in [0.4, 0.5) is 0 Å². The molecule has 2 unspecified atom stereocenters. The molecule has 5 heteroatoms. The van der Waals surface area contributed by atoms with Crippen molar-refractivity contribution in [3.63, 3.8) is 0 Å². The summed E-state index contributed by atoms with van der Waals surface area (Å²) in [4.78, 5) is 7.03. The molecule has 3 heterocycles. The number of hydrogen-bond donors (Lipinski definition) is 0. The lowest BCUT2D eigenvalue weighted by molar-refractivity contribution is 0.128. The second kappa shape index (κ2) is 5.17. The molecule has 0 amide bonds. The number of aromatic nitrogens is 3. The zero-order valence-corrected chi connectivity index (χ0v) is 11.7. The van der Waals surface area contributed by atoms with Crippen molar-refractivity contribution in [2.45, 2.75) is 69.6 Å². The van der Waals surface area contributed by atoms with Crippen molar-refractivity contribution in [1.82, 2.24) is 19.7 Å². The zero-order chi connectivity index (χ0) is 12.5. The Bertz CT molecular complexity index is 391. The van der Waals surface area contributed by atoms with Crippen LogP contribution < -0.4 is 0 Å². The molecule has 0 radical (unpaired) electrons. The van der Waals surface area contributed by atoms with Gasteiger partial charge in [-0.05, 0) is 32.1 Å². The van der Waals surface area contributed by atoms with Gasteiger partial charge in [0.1, 0.15) is 12.2 Å². The summed E-state index contributed by atoms with van der Waals surface area (Å²) in [5, 5.41) is 4.69. The first-order valence-corrected chi connectivity index (χ1v) is 7.48. The molecule has 18 heavy (non-hydrogen) atoms. The molecule has 3 rings (SSSR count). The Hall–Kier alpha value is -0.610. The summed E-state index contributed by atoms with van der Waals surface area (Å²) in [6, 6.07) is 1.33. The molecule has 1 aromatic heterocycles. The largest absolute Gasteiger partial charge is 0.290 e. The number of hydrogen-bond acceptors (Lipinski definition) is 3. The third-order valence-corrected chi connectivity index (χ3v) is 4.64. The molecular weight excluding hydrogens is 248 g/mol. The number of alkyl halides is 1. The Labute approximate surface area is 113 Å². The van der Waals surface area contributed by atoms with Crippen molar-refractivity contribution in [1.29, 1.82) is 0 Å². The van der Waals surface area contributed by atoms with E-state index >= 15 is 0 Å². The number of aryl methyl sites for hydroxylation is 1. The highest BCUT2D eigenvalue weighted by Crippen LogP contribution is 2.38. The quantitative estimate of drug-likeness (QED) is 0.787. The van der Waals surface area contributed by atoms with Crippen molar-refractivity contribution in [3.05, 3.63) is 12.2 Å². The summed E-state index contributed by atoms with van der Waals surface area (Å²) < 4.78 is 2.05. The highest BCUT2D eigenvalue weighted by atomic mass is 35.5. The molecule has 2 bridgehead atoms. The molecule has 0 spiro atoms. The van der Waals surface area contributed by atoms with E-state index in [1.807, 2.05) is 4.68 Å². The molecule has 2 atom stereocenters. The van der Waals surface area contributed by atoms with Crippen molar-refractivity contribution in [2.75, 3.05) is 0 Å². The van der Waals surface area contributed by atoms with Gasteiger partial charge >= 0.3 is 0 Å². The fraction of sp³-hybridized carbons (Fsp3) is 0.846. The van der Waals surface area contributed by atoms with Crippen LogP contribution in [0.5, 0.6) is 0 Å². The first-order valence-electron chi connectivity index (χ1n) is 7.04. The topological polar surface area (TPSA) is 34.0 Å². The Kier molecular flexibility index (Phi) is 3.57. The van der Waals surface area contributed by atoms with Crippen molar-refractivity contribution in [2.24, 2.45) is 0 Å². The Morgan fingerprint density at radius 2 is 2.06 bits per heavy atom. The first kappa shape index (κ1) is 12.4. The second-order valence-corrected chi connectivity index (χ2v) is 6.14. The maximum atomic E-state index is 6.31. The summed E-state index contributed by atoms with van der Waals surface area (Å²) in [6.45, 7) is 4.09. The average Bonchev–Trinajstić information content (AvgIpc) is 2.86. The van der Waals surface area contributed by atoms with Crippen LogP contribution in [0.1, 0.15) is 44.9 Å². The Balaban J connectivity index is 1.71. The van der Waals surface area contributed by atoms with Crippen molar-refractivity contribution in [3.8, 4) is 0 Å². The van der Waals surface area contributed by atoms with Gasteiger partial charge in [0.25, 0.3) is 0 Å². The van der Waals surface area contributed by atoms with Gasteiger partial charge in [-0.15, -0.1) is 11.6 Å². The lowest BCUT2D eigenvalue weighted by Crippen LogP contribution is -2.43. The van der Waals surface area contributed by atoms with Crippen LogP contribution in [0.25, 0.3) is 0 Å². The van der Waals surface area contributed by atoms with Crippen LogP contribution >= 0.6 is 11.6 Å². The molecule has 1 aromatic rings. The highest BCUT2D eigenvalue weighted by Gasteiger charge is 2.40. The van der Waals surface area contributed by atoms with E-state index in [0.29, 0.717) is 17.5 Å². The van der Waals surface area contributed by atoms with Gasteiger partial charge in [0.15, 0.2) is 0 Å². The van der Waals surface area contributed by atoms with Gasteiger partial charge in [0.2, 0.25) is 0 Å². The number of halogens is 1. The molecule has 4 nitrogen and oxygen atoms in total. The summed E-state index contributed by atoms with van der Waals surface area (Å²) in [6.07, 6.45) is 7.67. The van der Waals surface area contributed by atoms with E-state index in [0.717, 1.165) is 38.2 Å². The van der Waals surface area contributed by atoms with Crippen LogP contribution in [0.2, 0.25) is 0 Å². The van der Waals surface area contributed by atoms with E-state index in [4.69, 9.17) is 11.6 Å². The van der Waals surface area contributed by atoms with Gasteiger partial charge in [0.05, 0.1) is 6.54 Å². The number of piperidine rings is 1. The molecule has 2 saturated heterocycles. The lowest BCUT2D eigenvalue weighted by Gasteiger charge is -2.36. The average molecular weight is 269 g/mol. The van der Waals surface area contributed by atoms with Crippen molar-refractivity contribution < 1.29 is 0 Å². The molecule has 0 aromatic carbocycles. The minimum Gasteiger partial charge on any atom is -0.290 e. The summed E-state index contributed by atoms with van der Waals surface area (Å²) in [5.41, 5.74) is 0. The molecule has 100 valence electrons. The fourth-order valence-corrected chi connectivity index (χ4v) is 3.85. The normalized spacial score (nSPS) is 32.0. The third-order valence-electron chi connectivity index (χ3n) is 4.28. The van der Waals surface area contributed by atoms with Gasteiger partial charge in [0, 0.05) is 24.0 Å². The monoisotopic (exact) mass is 268 g/mol. The van der Waals surface area contributed by atoms with Crippen LogP contribution in [-0.4, -0.2) is 37.1 Å².